The number of nitrogens with zero attached hydrogens (tertiary/aromatic N) is 1. The van der Waals surface area contributed by atoms with Gasteiger partial charge in [-0.1, -0.05) is 0 Å². The summed E-state index contributed by atoms with van der Waals surface area (Å²) in [5.74, 6) is 0.649. The second-order valence-corrected chi connectivity index (χ2v) is 7.31. The first-order valence-electron chi connectivity index (χ1n) is 5.73. The molecule has 1 aromatic carbocycles. The fourth-order valence-electron chi connectivity index (χ4n) is 1.30. The third-order valence-electron chi connectivity index (χ3n) is 2.14. The van der Waals surface area contributed by atoms with Crippen molar-refractivity contribution in [2.75, 3.05) is 13.4 Å². The summed E-state index contributed by atoms with van der Waals surface area (Å²) < 4.78 is 26.1. The molecule has 0 aliphatic heterocycles. The molecule has 1 aromatic rings. The van der Waals surface area contributed by atoms with Crippen LogP contribution in [0.15, 0.2) is 33.5 Å². The van der Waals surface area contributed by atoms with E-state index in [-0.39, 0.29) is 0 Å². The van der Waals surface area contributed by atoms with Crippen LogP contribution in [0.1, 0.15) is 20.8 Å². The van der Waals surface area contributed by atoms with E-state index >= 15 is 0 Å². The average molecular weight is 285 g/mol. The zero-order valence-electron chi connectivity index (χ0n) is 11.8. The van der Waals surface area contributed by atoms with Crippen LogP contribution in [0, 0.1) is 0 Å². The highest BCUT2D eigenvalue weighted by molar-refractivity contribution is 7.93. The Hall–Kier alpha value is -1.56. The summed E-state index contributed by atoms with van der Waals surface area (Å²) in [7, 11) is -1.27. The van der Waals surface area contributed by atoms with Gasteiger partial charge in [0.05, 0.1) is 16.8 Å². The lowest BCUT2D eigenvalue weighted by molar-refractivity contribution is 0.0607. The van der Waals surface area contributed by atoms with Crippen LogP contribution in [0.4, 0.5) is 4.79 Å². The lowest BCUT2D eigenvalue weighted by Gasteiger charge is -2.17. The molecule has 0 spiro atoms. The molecule has 0 N–H and O–H groups in total. The van der Waals surface area contributed by atoms with Crippen molar-refractivity contribution < 1.29 is 18.5 Å². The summed E-state index contributed by atoms with van der Waals surface area (Å²) in [4.78, 5) is 12.0. The second-order valence-electron chi connectivity index (χ2n) is 5.05. The summed E-state index contributed by atoms with van der Waals surface area (Å²) in [6.45, 7) is 5.18. The van der Waals surface area contributed by atoms with Gasteiger partial charge in [0.25, 0.3) is 0 Å². The first-order chi connectivity index (χ1) is 8.64. The minimum Gasteiger partial charge on any atom is -0.497 e. The van der Waals surface area contributed by atoms with E-state index in [4.69, 9.17) is 9.47 Å². The molecule has 0 fully saturated rings. The minimum atomic E-state index is -2.81. The molecule has 1 rings (SSSR count). The molecule has 0 saturated heterocycles. The highest BCUT2D eigenvalue weighted by Gasteiger charge is 2.18. The molecule has 0 aliphatic rings. The van der Waals surface area contributed by atoms with Gasteiger partial charge in [0.15, 0.2) is 0 Å². The second kappa shape index (κ2) is 5.61. The molecule has 5 nitrogen and oxygen atoms in total. The monoisotopic (exact) mass is 285 g/mol. The van der Waals surface area contributed by atoms with Gasteiger partial charge in [-0.2, -0.15) is 0 Å². The minimum absolute atomic E-state index is 0.458. The third kappa shape index (κ3) is 4.90. The zero-order valence-corrected chi connectivity index (χ0v) is 12.6. The van der Waals surface area contributed by atoms with Gasteiger partial charge in [-0.15, -0.1) is 4.36 Å². The van der Waals surface area contributed by atoms with Crippen molar-refractivity contribution in [3.8, 4) is 5.75 Å². The van der Waals surface area contributed by atoms with Crippen molar-refractivity contribution in [3.05, 3.63) is 24.3 Å². The SMILES string of the molecule is COc1ccc(S(C)(=O)=NC(=O)OC(C)(C)C)cc1. The number of methoxy groups -OCH3 is 1. The van der Waals surface area contributed by atoms with E-state index in [9.17, 15) is 9.00 Å². The van der Waals surface area contributed by atoms with Crippen molar-refractivity contribution >= 4 is 15.8 Å². The van der Waals surface area contributed by atoms with Gasteiger partial charge in [0, 0.05) is 11.2 Å². The van der Waals surface area contributed by atoms with E-state index in [0.29, 0.717) is 10.6 Å². The molecule has 6 heteroatoms. The van der Waals surface area contributed by atoms with Gasteiger partial charge in [0.2, 0.25) is 0 Å². The van der Waals surface area contributed by atoms with Crippen molar-refractivity contribution in [3.63, 3.8) is 0 Å². The van der Waals surface area contributed by atoms with E-state index in [1.54, 1.807) is 52.1 Å². The molecule has 1 unspecified atom stereocenters. The molecule has 0 bridgehead atoms. The average Bonchev–Trinajstić information content (AvgIpc) is 2.25. The predicted octanol–water partition coefficient (Wildman–Crippen LogP) is 3.09. The maximum absolute atomic E-state index is 12.4. The number of hydrogen-bond donors (Lipinski definition) is 0. The molecule has 0 aromatic heterocycles. The zero-order chi connectivity index (χ0) is 14.7. The lowest BCUT2D eigenvalue weighted by atomic mass is 10.2. The van der Waals surface area contributed by atoms with Gasteiger partial charge in [-0.3, -0.25) is 0 Å². The number of amides is 1. The van der Waals surface area contributed by atoms with Gasteiger partial charge < -0.3 is 9.47 Å². The number of rotatable bonds is 2. The maximum Gasteiger partial charge on any atom is 0.442 e. The van der Waals surface area contributed by atoms with Crippen molar-refractivity contribution in [2.24, 2.45) is 4.36 Å². The highest BCUT2D eigenvalue weighted by atomic mass is 32.2. The van der Waals surface area contributed by atoms with Crippen molar-refractivity contribution in [1.29, 1.82) is 0 Å². The summed E-state index contributed by atoms with van der Waals surface area (Å²) in [6.07, 6.45) is 0.578. The molecular weight excluding hydrogens is 266 g/mol. The number of carbonyl (C=O) groups excluding carboxylic acids is 1. The number of ether oxygens (including phenoxy) is 2. The van der Waals surface area contributed by atoms with Crippen LogP contribution in [0.5, 0.6) is 5.75 Å². The molecule has 0 radical (unpaired) electrons. The maximum atomic E-state index is 12.4. The Labute approximate surface area is 114 Å². The van der Waals surface area contributed by atoms with Crippen LogP contribution < -0.4 is 4.74 Å². The molecule has 0 aliphatic carbocycles. The van der Waals surface area contributed by atoms with Gasteiger partial charge >= 0.3 is 6.09 Å². The summed E-state index contributed by atoms with van der Waals surface area (Å²) >= 11 is 0. The quantitative estimate of drug-likeness (QED) is 0.837. The molecule has 1 atom stereocenters. The Balaban J connectivity index is 3.02. The van der Waals surface area contributed by atoms with Crippen LogP contribution in [-0.2, 0) is 14.5 Å². The van der Waals surface area contributed by atoms with Crippen LogP contribution in [0.25, 0.3) is 0 Å². The summed E-state index contributed by atoms with van der Waals surface area (Å²) in [5.41, 5.74) is -0.657. The Kier molecular flexibility index (Phi) is 4.57. The first-order valence-corrected chi connectivity index (χ1v) is 7.65. The van der Waals surface area contributed by atoms with Crippen LogP contribution in [-0.4, -0.2) is 29.3 Å². The van der Waals surface area contributed by atoms with Gasteiger partial charge in [-0.05, 0) is 45.0 Å². The van der Waals surface area contributed by atoms with Gasteiger partial charge in [0.1, 0.15) is 11.4 Å². The Bertz CT molecular complexity index is 563. The number of hydrogen-bond acceptors (Lipinski definition) is 4. The predicted molar refractivity (Wildman–Crippen MR) is 74.0 cm³/mol. The summed E-state index contributed by atoms with van der Waals surface area (Å²) in [6, 6.07) is 6.58. The molecule has 19 heavy (non-hydrogen) atoms. The summed E-state index contributed by atoms with van der Waals surface area (Å²) in [5, 5.41) is 0. The molecule has 1 amide bonds. The van der Waals surface area contributed by atoms with Crippen LogP contribution in [0.3, 0.4) is 0 Å². The number of benzene rings is 1. The van der Waals surface area contributed by atoms with Crippen LogP contribution in [0.2, 0.25) is 0 Å². The fourth-order valence-corrected chi connectivity index (χ4v) is 2.37. The molecule has 106 valence electrons. The van der Waals surface area contributed by atoms with E-state index in [1.807, 2.05) is 0 Å². The molecule has 0 saturated carbocycles. The standard InChI is InChI=1S/C13H19NO4S/c1-13(2,3)18-12(15)14-19(5,16)11-8-6-10(17-4)7-9-11/h6-9H,1-5H3. The van der Waals surface area contributed by atoms with Crippen molar-refractivity contribution in [1.82, 2.24) is 0 Å². The van der Waals surface area contributed by atoms with E-state index in [1.165, 1.54) is 6.26 Å². The Morgan fingerprint density at radius 3 is 2.16 bits per heavy atom. The molecular formula is C13H19NO4S. The molecule has 0 heterocycles. The first kappa shape index (κ1) is 15.5. The Morgan fingerprint density at radius 1 is 1.21 bits per heavy atom. The number of carbonyl (C=O) groups is 1. The van der Waals surface area contributed by atoms with E-state index in [2.05, 4.69) is 4.36 Å². The lowest BCUT2D eigenvalue weighted by Crippen LogP contribution is -2.22. The van der Waals surface area contributed by atoms with Crippen LogP contribution >= 0.6 is 0 Å². The normalized spacial score (nSPS) is 14.4. The topological polar surface area (TPSA) is 65.0 Å². The van der Waals surface area contributed by atoms with E-state index in [0.717, 1.165) is 0 Å². The van der Waals surface area contributed by atoms with Crippen molar-refractivity contribution in [2.45, 2.75) is 31.3 Å². The Morgan fingerprint density at radius 2 is 1.74 bits per heavy atom. The largest absolute Gasteiger partial charge is 0.497 e. The van der Waals surface area contributed by atoms with Gasteiger partial charge in [-0.25, -0.2) is 9.00 Å². The third-order valence-corrected chi connectivity index (χ3v) is 3.78. The smallest absolute Gasteiger partial charge is 0.442 e. The fraction of sp³-hybridized carbons (Fsp3) is 0.462. The highest BCUT2D eigenvalue weighted by Crippen LogP contribution is 2.18. The van der Waals surface area contributed by atoms with E-state index < -0.39 is 21.4 Å².